The van der Waals surface area contributed by atoms with E-state index in [2.05, 4.69) is 15.5 Å². The van der Waals surface area contributed by atoms with E-state index in [1.807, 2.05) is 42.5 Å². The lowest BCUT2D eigenvalue weighted by molar-refractivity contribution is -0.137. The molecule has 0 aromatic heterocycles. The number of likely N-dealkylation sites (tertiary alicyclic amines) is 1. The van der Waals surface area contributed by atoms with Gasteiger partial charge in [0.2, 0.25) is 5.91 Å². The Labute approximate surface area is 202 Å². The summed E-state index contributed by atoms with van der Waals surface area (Å²) in [5.74, 6) is -0.519. The molecule has 8 heteroatoms. The number of fused-ring (bicyclic) bond motifs is 3. The number of amides is 1. The van der Waals surface area contributed by atoms with Crippen LogP contribution in [0.1, 0.15) is 42.7 Å². The van der Waals surface area contributed by atoms with E-state index in [0.717, 1.165) is 36.2 Å². The fraction of sp³-hybridized carbons (Fsp3) is 0.440. The van der Waals surface area contributed by atoms with E-state index in [1.165, 1.54) is 0 Å². The largest absolute Gasteiger partial charge is 0.481 e. The number of carbonyl (C=O) groups is 2. The zero-order valence-electron chi connectivity index (χ0n) is 17.9. The summed E-state index contributed by atoms with van der Waals surface area (Å²) in [4.78, 5) is 27.9. The first-order chi connectivity index (χ1) is 15.9. The number of aliphatic carboxylic acids is 1. The molecule has 1 aliphatic carbocycles. The second kappa shape index (κ2) is 7.70. The number of hydrogen-bond acceptors (Lipinski definition) is 4. The Kier molecular flexibility index (Phi) is 5.00. The number of nitrogens with one attached hydrogen (secondary N) is 2. The summed E-state index contributed by atoms with van der Waals surface area (Å²) in [6, 6.07) is 13.2. The monoisotopic (exact) mass is 485 g/mol. The maximum atomic E-state index is 14.0. The Morgan fingerprint density at radius 3 is 2.67 bits per heavy atom. The third kappa shape index (κ3) is 3.30. The highest BCUT2D eigenvalue weighted by Crippen LogP contribution is 2.60. The predicted octanol–water partition coefficient (Wildman–Crippen LogP) is 4.22. The second-order valence-electron chi connectivity index (χ2n) is 9.83. The van der Waals surface area contributed by atoms with Crippen LogP contribution in [0, 0.1) is 5.92 Å². The number of hydrogen-bond donors (Lipinski definition) is 3. The molecule has 0 radical (unpaired) electrons. The minimum absolute atomic E-state index is 0.0450. The molecule has 2 saturated heterocycles. The zero-order valence-corrected chi connectivity index (χ0v) is 19.4. The minimum atomic E-state index is -0.899. The van der Waals surface area contributed by atoms with Gasteiger partial charge in [0.1, 0.15) is 5.54 Å². The van der Waals surface area contributed by atoms with E-state index in [9.17, 15) is 14.7 Å². The van der Waals surface area contributed by atoms with Crippen LogP contribution in [0.3, 0.4) is 0 Å². The number of rotatable bonds is 5. The van der Waals surface area contributed by atoms with E-state index in [0.29, 0.717) is 22.4 Å². The molecule has 0 bridgehead atoms. The van der Waals surface area contributed by atoms with Gasteiger partial charge in [0.15, 0.2) is 0 Å². The summed E-state index contributed by atoms with van der Waals surface area (Å²) >= 11 is 12.7. The second-order valence-corrected chi connectivity index (χ2v) is 10.7. The van der Waals surface area contributed by atoms with Gasteiger partial charge in [0.05, 0.1) is 6.42 Å². The van der Waals surface area contributed by atoms with E-state index in [4.69, 9.17) is 23.2 Å². The fourth-order valence-corrected chi connectivity index (χ4v) is 6.85. The van der Waals surface area contributed by atoms with Gasteiger partial charge in [-0.15, -0.1) is 0 Å². The molecule has 5 atom stereocenters. The van der Waals surface area contributed by atoms with Crippen LogP contribution < -0.4 is 10.6 Å². The van der Waals surface area contributed by atoms with Crippen LogP contribution in [0.15, 0.2) is 42.5 Å². The van der Waals surface area contributed by atoms with Gasteiger partial charge in [-0.05, 0) is 55.0 Å². The molecule has 33 heavy (non-hydrogen) atoms. The van der Waals surface area contributed by atoms with Gasteiger partial charge in [0.25, 0.3) is 0 Å². The van der Waals surface area contributed by atoms with Gasteiger partial charge in [-0.3, -0.25) is 14.5 Å². The molecule has 2 aromatic carbocycles. The fourth-order valence-electron chi connectivity index (χ4n) is 6.47. The average Bonchev–Trinajstić information content (AvgIpc) is 3.34. The molecule has 4 aliphatic rings. The first-order valence-electron chi connectivity index (χ1n) is 11.5. The first kappa shape index (κ1) is 21.4. The molecule has 1 spiro atoms. The van der Waals surface area contributed by atoms with Crippen LogP contribution in [0.4, 0.5) is 5.69 Å². The van der Waals surface area contributed by atoms with Crippen molar-refractivity contribution in [1.29, 1.82) is 0 Å². The minimum Gasteiger partial charge on any atom is -0.481 e. The number of anilines is 1. The van der Waals surface area contributed by atoms with Gasteiger partial charge in [-0.25, -0.2) is 0 Å². The highest BCUT2D eigenvalue weighted by atomic mass is 35.5. The molecule has 1 amide bonds. The molecule has 0 unspecified atom stereocenters. The van der Waals surface area contributed by atoms with Crippen molar-refractivity contribution in [3.05, 3.63) is 63.6 Å². The Bertz CT molecular complexity index is 1150. The van der Waals surface area contributed by atoms with E-state index < -0.39 is 11.5 Å². The number of carboxylic acid groups (broad SMARTS) is 1. The number of benzene rings is 2. The standard InChI is InChI=1S/C25H25Cl2N3O3/c26-15-3-1-2-14(8-15)22-23-20(10-17(28-23)11-21(31)32)30(12-13-4-5-13)25(22)18-7-6-16(27)9-19(18)29-24(25)33/h1-3,6-9,13,17,20,22-23,28H,4-5,10-12H2,(H,29,33)(H,31,32)/t17-,20-,22-,23+,25+/m0/s1. The van der Waals surface area contributed by atoms with Crippen LogP contribution in [-0.2, 0) is 15.1 Å². The smallest absolute Gasteiger partial charge is 0.304 e. The molecule has 3 aliphatic heterocycles. The SMILES string of the molecule is O=C(O)C[C@@H]1C[C@H]2[C@@H](N1)[C@H](c1cccc(Cl)c1)[C@]1(C(=O)Nc3cc(Cl)ccc31)N2CC1CC1. The van der Waals surface area contributed by atoms with Crippen molar-refractivity contribution in [3.8, 4) is 0 Å². The lowest BCUT2D eigenvalue weighted by atomic mass is 9.74. The summed E-state index contributed by atoms with van der Waals surface area (Å²) in [6.07, 6.45) is 3.08. The van der Waals surface area contributed by atoms with Crippen LogP contribution in [0.5, 0.6) is 0 Å². The Balaban J connectivity index is 1.55. The Morgan fingerprint density at radius 2 is 1.94 bits per heavy atom. The van der Waals surface area contributed by atoms with Gasteiger partial charge in [-0.1, -0.05) is 41.4 Å². The van der Waals surface area contributed by atoms with Crippen molar-refractivity contribution in [2.24, 2.45) is 5.92 Å². The van der Waals surface area contributed by atoms with E-state index in [-0.39, 0.29) is 36.4 Å². The van der Waals surface area contributed by atoms with Gasteiger partial charge >= 0.3 is 5.97 Å². The highest BCUT2D eigenvalue weighted by Gasteiger charge is 2.68. The molecule has 1 saturated carbocycles. The molecule has 3 N–H and O–H groups in total. The number of carbonyl (C=O) groups excluding carboxylic acids is 1. The summed E-state index contributed by atoms with van der Waals surface area (Å²) < 4.78 is 0. The van der Waals surface area contributed by atoms with E-state index >= 15 is 0 Å². The lowest BCUT2D eigenvalue weighted by Gasteiger charge is -2.40. The number of carboxylic acids is 1. The molecule has 3 heterocycles. The molecule has 172 valence electrons. The molecular formula is C25H25Cl2N3O3. The van der Waals surface area contributed by atoms with Crippen molar-refractivity contribution in [1.82, 2.24) is 10.2 Å². The van der Waals surface area contributed by atoms with Crippen molar-refractivity contribution < 1.29 is 14.7 Å². The van der Waals surface area contributed by atoms with Crippen molar-refractivity contribution in [3.63, 3.8) is 0 Å². The molecular weight excluding hydrogens is 461 g/mol. The van der Waals surface area contributed by atoms with Crippen molar-refractivity contribution in [2.45, 2.75) is 55.3 Å². The summed E-state index contributed by atoms with van der Waals surface area (Å²) in [5, 5.41) is 17.4. The van der Waals surface area contributed by atoms with E-state index in [1.54, 1.807) is 0 Å². The molecule has 3 fully saturated rings. The maximum absolute atomic E-state index is 14.0. The van der Waals surface area contributed by atoms with Gasteiger partial charge in [0, 0.05) is 51.9 Å². The van der Waals surface area contributed by atoms with Gasteiger partial charge < -0.3 is 15.7 Å². The number of nitrogens with zero attached hydrogens (tertiary/aromatic N) is 1. The maximum Gasteiger partial charge on any atom is 0.304 e. The lowest BCUT2D eigenvalue weighted by Crippen LogP contribution is -2.53. The Morgan fingerprint density at radius 1 is 1.15 bits per heavy atom. The molecule has 6 rings (SSSR count). The average molecular weight is 486 g/mol. The highest BCUT2D eigenvalue weighted by molar-refractivity contribution is 6.31. The molecule has 6 nitrogen and oxygen atoms in total. The normalized spacial score (nSPS) is 32.7. The summed E-state index contributed by atoms with van der Waals surface area (Å²) in [7, 11) is 0. The van der Waals surface area contributed by atoms with Crippen LogP contribution >= 0.6 is 23.2 Å². The van der Waals surface area contributed by atoms with Gasteiger partial charge in [-0.2, -0.15) is 0 Å². The van der Waals surface area contributed by atoms with Crippen molar-refractivity contribution in [2.75, 3.05) is 11.9 Å². The predicted molar refractivity (Wildman–Crippen MR) is 127 cm³/mol. The first-order valence-corrected chi connectivity index (χ1v) is 12.2. The summed E-state index contributed by atoms with van der Waals surface area (Å²) in [6.45, 7) is 0.815. The molecule has 2 aromatic rings. The van der Waals surface area contributed by atoms with Crippen LogP contribution in [-0.4, -0.2) is 46.6 Å². The zero-order chi connectivity index (χ0) is 22.9. The summed E-state index contributed by atoms with van der Waals surface area (Å²) in [5.41, 5.74) is 1.78. The third-order valence-electron chi connectivity index (χ3n) is 7.80. The third-order valence-corrected chi connectivity index (χ3v) is 8.27. The van der Waals surface area contributed by atoms with Crippen molar-refractivity contribution >= 4 is 40.8 Å². The van der Waals surface area contributed by atoms with Crippen LogP contribution in [0.2, 0.25) is 10.0 Å². The topological polar surface area (TPSA) is 81.7 Å². The van der Waals surface area contributed by atoms with Crippen LogP contribution in [0.25, 0.3) is 0 Å². The Hall–Kier alpha value is -2.12. The quantitative estimate of drug-likeness (QED) is 0.590. The number of halogens is 2.